The maximum absolute atomic E-state index is 11.5. The molecule has 0 saturated carbocycles. The molecule has 142 valence electrons. The number of nitrogens with zero attached hydrogens (tertiary/aromatic N) is 1. The lowest BCUT2D eigenvalue weighted by molar-refractivity contribution is -0.260. The van der Waals surface area contributed by atoms with Crippen LogP contribution in [-0.4, -0.2) is 51.5 Å². The Bertz CT molecular complexity index is 985. The van der Waals surface area contributed by atoms with Crippen molar-refractivity contribution < 1.29 is 29.2 Å². The van der Waals surface area contributed by atoms with E-state index in [2.05, 4.69) is 4.98 Å². The van der Waals surface area contributed by atoms with Crippen molar-refractivity contribution in [2.75, 3.05) is 6.61 Å². The van der Waals surface area contributed by atoms with Gasteiger partial charge in [-0.05, 0) is 24.3 Å². The Labute approximate surface area is 153 Å². The second kappa shape index (κ2) is 6.90. The topological polar surface area (TPSA) is 122 Å². The molecule has 1 fully saturated rings. The molecule has 1 aromatic rings. The van der Waals surface area contributed by atoms with Crippen LogP contribution in [0.15, 0.2) is 45.6 Å². The van der Waals surface area contributed by atoms with Crippen LogP contribution in [0.3, 0.4) is 0 Å². The molecule has 0 radical (unpaired) electrons. The zero-order chi connectivity index (χ0) is 19.1. The van der Waals surface area contributed by atoms with Gasteiger partial charge in [-0.15, -0.1) is 0 Å². The Kier molecular flexibility index (Phi) is 4.56. The highest BCUT2D eigenvalue weighted by Crippen LogP contribution is 2.30. The molecule has 0 bridgehead atoms. The van der Waals surface area contributed by atoms with E-state index in [1.807, 2.05) is 0 Å². The fourth-order valence-electron chi connectivity index (χ4n) is 3.16. The molecule has 1 saturated heterocycles. The molecule has 4 rings (SSSR count). The summed E-state index contributed by atoms with van der Waals surface area (Å²) in [7, 11) is 0. The monoisotopic (exact) mass is 373 g/mol. The number of aliphatic hydroxyl groups excluding tert-OH is 3. The predicted octanol–water partition coefficient (Wildman–Crippen LogP) is 0.747. The lowest BCUT2D eigenvalue weighted by atomic mass is 9.91. The highest BCUT2D eigenvalue weighted by molar-refractivity contribution is 5.77. The third-order valence-electron chi connectivity index (χ3n) is 4.80. The SMILES string of the molecule is CC1C(O)C(CO)OC(Oc2ccc3nc4ccc(=O)cc-4oc3c2)C1O. The fraction of sp³-hybridized carbons (Fsp3) is 0.368. The minimum absolute atomic E-state index is 0.180. The average molecular weight is 373 g/mol. The Morgan fingerprint density at radius 3 is 2.74 bits per heavy atom. The normalized spacial score (nSPS) is 28.5. The van der Waals surface area contributed by atoms with Gasteiger partial charge in [0.05, 0.1) is 12.7 Å². The van der Waals surface area contributed by atoms with Crippen molar-refractivity contribution >= 4 is 11.1 Å². The molecule has 5 atom stereocenters. The van der Waals surface area contributed by atoms with Crippen LogP contribution in [0.2, 0.25) is 0 Å². The first-order valence-electron chi connectivity index (χ1n) is 8.60. The molecule has 27 heavy (non-hydrogen) atoms. The molecule has 0 amide bonds. The fourth-order valence-corrected chi connectivity index (χ4v) is 3.16. The molecule has 3 aliphatic rings. The van der Waals surface area contributed by atoms with Gasteiger partial charge in [0, 0.05) is 18.1 Å². The van der Waals surface area contributed by atoms with Crippen LogP contribution in [0.5, 0.6) is 5.75 Å². The minimum atomic E-state index is -1.08. The van der Waals surface area contributed by atoms with E-state index in [0.29, 0.717) is 28.3 Å². The van der Waals surface area contributed by atoms with Crippen molar-refractivity contribution in [3.63, 3.8) is 0 Å². The van der Waals surface area contributed by atoms with Crippen LogP contribution >= 0.6 is 0 Å². The van der Waals surface area contributed by atoms with E-state index in [1.165, 1.54) is 12.1 Å². The van der Waals surface area contributed by atoms with Crippen molar-refractivity contribution in [1.29, 1.82) is 0 Å². The molecule has 1 aromatic carbocycles. The Morgan fingerprint density at radius 2 is 1.96 bits per heavy atom. The van der Waals surface area contributed by atoms with Gasteiger partial charge in [-0.1, -0.05) is 6.92 Å². The maximum Gasteiger partial charge on any atom is 0.226 e. The number of aromatic nitrogens is 1. The molecule has 8 heteroatoms. The van der Waals surface area contributed by atoms with Crippen LogP contribution in [0.25, 0.3) is 22.6 Å². The highest BCUT2D eigenvalue weighted by atomic mass is 16.7. The first-order chi connectivity index (χ1) is 13.0. The van der Waals surface area contributed by atoms with Crippen molar-refractivity contribution in [2.24, 2.45) is 5.92 Å². The Hall–Kier alpha value is -2.52. The van der Waals surface area contributed by atoms with Gasteiger partial charge in [0.25, 0.3) is 0 Å². The van der Waals surface area contributed by atoms with Gasteiger partial charge in [0.1, 0.15) is 29.2 Å². The van der Waals surface area contributed by atoms with E-state index in [-0.39, 0.29) is 5.43 Å². The molecule has 3 N–H and O–H groups in total. The molecule has 0 spiro atoms. The van der Waals surface area contributed by atoms with Gasteiger partial charge >= 0.3 is 0 Å². The van der Waals surface area contributed by atoms with Gasteiger partial charge in [-0.2, -0.15) is 0 Å². The third-order valence-corrected chi connectivity index (χ3v) is 4.80. The summed E-state index contributed by atoms with van der Waals surface area (Å²) in [4.78, 5) is 15.9. The number of hydrogen-bond acceptors (Lipinski definition) is 8. The van der Waals surface area contributed by atoms with Gasteiger partial charge in [-0.3, -0.25) is 4.79 Å². The molecule has 8 nitrogen and oxygen atoms in total. The molecule has 0 aromatic heterocycles. The van der Waals surface area contributed by atoms with Crippen molar-refractivity contribution in [2.45, 2.75) is 31.5 Å². The van der Waals surface area contributed by atoms with Crippen molar-refractivity contribution in [1.82, 2.24) is 4.98 Å². The van der Waals surface area contributed by atoms with Gasteiger partial charge in [-0.25, -0.2) is 4.98 Å². The summed E-state index contributed by atoms with van der Waals surface area (Å²) in [5.41, 5.74) is 1.37. The van der Waals surface area contributed by atoms with E-state index in [9.17, 15) is 20.1 Å². The summed E-state index contributed by atoms with van der Waals surface area (Å²) in [5, 5.41) is 29.7. The number of aliphatic hydroxyl groups is 3. The summed E-state index contributed by atoms with van der Waals surface area (Å²) < 4.78 is 16.9. The van der Waals surface area contributed by atoms with E-state index in [4.69, 9.17) is 13.9 Å². The first kappa shape index (κ1) is 17.9. The van der Waals surface area contributed by atoms with Crippen LogP contribution in [0, 0.1) is 5.92 Å². The van der Waals surface area contributed by atoms with E-state index in [0.717, 1.165) is 0 Å². The number of hydrogen-bond donors (Lipinski definition) is 3. The van der Waals surface area contributed by atoms with E-state index >= 15 is 0 Å². The minimum Gasteiger partial charge on any atom is -0.462 e. The second-order valence-electron chi connectivity index (χ2n) is 6.66. The maximum atomic E-state index is 11.5. The van der Waals surface area contributed by atoms with Gasteiger partial charge < -0.3 is 29.2 Å². The smallest absolute Gasteiger partial charge is 0.226 e. The molecular weight excluding hydrogens is 354 g/mol. The lowest BCUT2D eigenvalue weighted by Crippen LogP contribution is -2.56. The Morgan fingerprint density at radius 1 is 1.15 bits per heavy atom. The molecule has 1 aliphatic carbocycles. The summed E-state index contributed by atoms with van der Waals surface area (Å²) in [6, 6.07) is 9.30. The highest BCUT2D eigenvalue weighted by Gasteiger charge is 2.43. The predicted molar refractivity (Wildman–Crippen MR) is 94.5 cm³/mol. The number of fused-ring (bicyclic) bond motifs is 2. The van der Waals surface area contributed by atoms with Gasteiger partial charge in [0.15, 0.2) is 16.8 Å². The van der Waals surface area contributed by atoms with Gasteiger partial charge in [0.2, 0.25) is 6.29 Å². The molecule has 2 heterocycles. The summed E-state index contributed by atoms with van der Waals surface area (Å²) >= 11 is 0. The zero-order valence-corrected chi connectivity index (χ0v) is 14.5. The quantitative estimate of drug-likeness (QED) is 0.575. The zero-order valence-electron chi connectivity index (χ0n) is 14.5. The van der Waals surface area contributed by atoms with Crippen LogP contribution in [0.4, 0.5) is 0 Å². The number of rotatable bonds is 3. The molecule has 5 unspecified atom stereocenters. The molecule has 2 aliphatic heterocycles. The van der Waals surface area contributed by atoms with Crippen LogP contribution in [0.1, 0.15) is 6.92 Å². The summed E-state index contributed by atoms with van der Waals surface area (Å²) in [5.74, 6) is 0.181. The standard InChI is InChI=1S/C19H19NO7/c1-9-17(23)16(8-21)27-19(18(9)24)25-11-3-5-13-15(7-11)26-14-6-10(22)2-4-12(14)20-13/h2-7,9,16-19,21,23-24H,8H2,1H3. The summed E-state index contributed by atoms with van der Waals surface area (Å²) in [6.45, 7) is 1.27. The third kappa shape index (κ3) is 3.28. The van der Waals surface area contributed by atoms with E-state index in [1.54, 1.807) is 31.2 Å². The second-order valence-corrected chi connectivity index (χ2v) is 6.66. The number of ether oxygens (including phenoxy) is 2. The molecular formula is C19H19NO7. The first-order valence-corrected chi connectivity index (χ1v) is 8.60. The van der Waals surface area contributed by atoms with Crippen LogP contribution < -0.4 is 10.2 Å². The van der Waals surface area contributed by atoms with Crippen LogP contribution in [-0.2, 0) is 4.74 Å². The largest absolute Gasteiger partial charge is 0.462 e. The van der Waals surface area contributed by atoms with Crippen molar-refractivity contribution in [3.05, 3.63) is 46.6 Å². The van der Waals surface area contributed by atoms with Crippen molar-refractivity contribution in [3.8, 4) is 17.2 Å². The van der Waals surface area contributed by atoms with E-state index < -0.39 is 37.1 Å². The summed E-state index contributed by atoms with van der Waals surface area (Å²) in [6.07, 6.45) is -3.97. The lowest BCUT2D eigenvalue weighted by Gasteiger charge is -2.40. The average Bonchev–Trinajstić information content (AvgIpc) is 2.66. The Balaban J connectivity index is 1.65. The number of benzene rings is 2.